The Morgan fingerprint density at radius 3 is 2.73 bits per heavy atom. The fourth-order valence-corrected chi connectivity index (χ4v) is 2.01. The fraction of sp³-hybridized carbons (Fsp3) is 0.200. The molecule has 0 bridgehead atoms. The van der Waals surface area contributed by atoms with Gasteiger partial charge in [0.1, 0.15) is 5.75 Å². The Morgan fingerprint density at radius 2 is 2.20 bits per heavy atom. The Kier molecular flexibility index (Phi) is 6.29. The smallest absolute Gasteiger partial charge is 0.139 e. The summed E-state index contributed by atoms with van der Waals surface area (Å²) >= 11 is 9.09. The summed E-state index contributed by atoms with van der Waals surface area (Å²) in [6.07, 6.45) is 2.30. The molecule has 0 saturated heterocycles. The summed E-state index contributed by atoms with van der Waals surface area (Å²) in [6.45, 7) is 3.59. The van der Waals surface area contributed by atoms with Crippen molar-refractivity contribution < 1.29 is 5.11 Å². The van der Waals surface area contributed by atoms with Crippen LogP contribution in [0.2, 0.25) is 5.02 Å². The van der Waals surface area contributed by atoms with Gasteiger partial charge >= 0.3 is 0 Å². The van der Waals surface area contributed by atoms with Gasteiger partial charge in [-0.15, -0.1) is 19.0 Å². The highest BCUT2D eigenvalue weighted by atomic mass is 79.9. The van der Waals surface area contributed by atoms with E-state index in [1.54, 1.807) is 18.2 Å². The number of nitrogens with two attached hydrogens (primary N) is 1. The zero-order valence-electron chi connectivity index (χ0n) is 7.91. The molecule has 5 heteroatoms. The van der Waals surface area contributed by atoms with Gasteiger partial charge in [-0.1, -0.05) is 33.6 Å². The van der Waals surface area contributed by atoms with E-state index in [-0.39, 0.29) is 24.2 Å². The van der Waals surface area contributed by atoms with Crippen LogP contribution >= 0.6 is 39.9 Å². The minimum absolute atomic E-state index is 0. The van der Waals surface area contributed by atoms with Crippen LogP contribution in [0.25, 0.3) is 0 Å². The normalized spacial score (nSPS) is 11.7. The maximum Gasteiger partial charge on any atom is 0.139 e. The van der Waals surface area contributed by atoms with Crippen molar-refractivity contribution in [3.63, 3.8) is 0 Å². The molecule has 0 saturated carbocycles. The summed E-state index contributed by atoms with van der Waals surface area (Å²) in [5.41, 5.74) is 6.46. The first-order chi connectivity index (χ1) is 6.56. The van der Waals surface area contributed by atoms with Crippen molar-refractivity contribution in [3.8, 4) is 5.75 Å². The highest BCUT2D eigenvalue weighted by Crippen LogP contribution is 2.35. The van der Waals surface area contributed by atoms with Gasteiger partial charge in [-0.2, -0.15) is 0 Å². The largest absolute Gasteiger partial charge is 0.506 e. The zero-order chi connectivity index (χ0) is 10.7. The van der Waals surface area contributed by atoms with E-state index in [0.717, 1.165) is 4.47 Å². The molecule has 0 amide bonds. The number of phenols is 1. The third-order valence-electron chi connectivity index (χ3n) is 1.88. The van der Waals surface area contributed by atoms with E-state index in [1.165, 1.54) is 0 Å². The van der Waals surface area contributed by atoms with Gasteiger partial charge < -0.3 is 10.8 Å². The molecule has 2 nitrogen and oxygen atoms in total. The fourth-order valence-electron chi connectivity index (χ4n) is 1.18. The van der Waals surface area contributed by atoms with Crippen LogP contribution in [-0.2, 0) is 0 Å². The van der Waals surface area contributed by atoms with Crippen LogP contribution in [0.1, 0.15) is 18.0 Å². The van der Waals surface area contributed by atoms with E-state index >= 15 is 0 Å². The molecule has 3 N–H and O–H groups in total. The van der Waals surface area contributed by atoms with Gasteiger partial charge in [0.05, 0.1) is 5.02 Å². The predicted octanol–water partition coefficient (Wildman–Crippen LogP) is 3.81. The molecule has 1 atom stereocenters. The molecule has 84 valence electrons. The van der Waals surface area contributed by atoms with Crippen LogP contribution in [0.4, 0.5) is 0 Å². The first-order valence-electron chi connectivity index (χ1n) is 4.10. The maximum atomic E-state index is 9.65. The molecule has 1 aromatic carbocycles. The quantitative estimate of drug-likeness (QED) is 0.834. The van der Waals surface area contributed by atoms with Gasteiger partial charge in [0.15, 0.2) is 0 Å². The molecule has 0 unspecified atom stereocenters. The molecule has 0 spiro atoms. The second-order valence-corrected chi connectivity index (χ2v) is 4.28. The van der Waals surface area contributed by atoms with E-state index in [1.807, 2.05) is 0 Å². The van der Waals surface area contributed by atoms with Gasteiger partial charge in [0.25, 0.3) is 0 Å². The highest BCUT2D eigenvalue weighted by Gasteiger charge is 2.13. The van der Waals surface area contributed by atoms with Crippen molar-refractivity contribution in [1.29, 1.82) is 0 Å². The lowest BCUT2D eigenvalue weighted by Gasteiger charge is -2.13. The summed E-state index contributed by atoms with van der Waals surface area (Å²) in [4.78, 5) is 0. The average Bonchev–Trinajstić information content (AvgIpc) is 2.11. The lowest BCUT2D eigenvalue weighted by atomic mass is 10.0. The van der Waals surface area contributed by atoms with Crippen LogP contribution in [0.3, 0.4) is 0 Å². The Morgan fingerprint density at radius 1 is 1.60 bits per heavy atom. The molecule has 0 aliphatic heterocycles. The lowest BCUT2D eigenvalue weighted by molar-refractivity contribution is 0.462. The monoisotopic (exact) mass is 311 g/mol. The Labute approximate surface area is 109 Å². The molecule has 15 heavy (non-hydrogen) atoms. The van der Waals surface area contributed by atoms with Crippen LogP contribution in [0.15, 0.2) is 29.3 Å². The molecule has 1 rings (SSSR count). The molecular weight excluding hydrogens is 301 g/mol. The number of hydrogen-bond acceptors (Lipinski definition) is 2. The first-order valence-corrected chi connectivity index (χ1v) is 5.27. The SMILES string of the molecule is C=CC[C@@H](N)c1cc(Br)cc(Cl)c1O.Cl. The summed E-state index contributed by atoms with van der Waals surface area (Å²) in [6, 6.07) is 3.11. The second kappa shape index (κ2) is 6.38. The average molecular weight is 313 g/mol. The van der Waals surface area contributed by atoms with E-state index in [0.29, 0.717) is 17.0 Å². The third-order valence-corrected chi connectivity index (χ3v) is 2.62. The molecule has 0 aliphatic carbocycles. The minimum atomic E-state index is -0.275. The lowest BCUT2D eigenvalue weighted by Crippen LogP contribution is -2.09. The molecule has 1 aromatic rings. The van der Waals surface area contributed by atoms with Crippen LogP contribution in [0.5, 0.6) is 5.75 Å². The number of phenolic OH excluding ortho intramolecular Hbond substituents is 1. The molecular formula is C10H12BrCl2NO. The Hall–Kier alpha value is -0.220. The van der Waals surface area contributed by atoms with Crippen LogP contribution in [-0.4, -0.2) is 5.11 Å². The van der Waals surface area contributed by atoms with Crippen molar-refractivity contribution in [2.45, 2.75) is 12.5 Å². The van der Waals surface area contributed by atoms with Gasteiger partial charge in [-0.25, -0.2) is 0 Å². The summed E-state index contributed by atoms with van der Waals surface area (Å²) < 4.78 is 0.801. The number of aromatic hydroxyl groups is 1. The first kappa shape index (κ1) is 14.8. The number of halogens is 3. The van der Waals surface area contributed by atoms with Crippen molar-refractivity contribution in [1.82, 2.24) is 0 Å². The summed E-state index contributed by atoms with van der Waals surface area (Å²) in [5.74, 6) is 0.0456. The Balaban J connectivity index is 0.00000196. The van der Waals surface area contributed by atoms with Crippen molar-refractivity contribution in [2.75, 3.05) is 0 Å². The van der Waals surface area contributed by atoms with E-state index < -0.39 is 0 Å². The van der Waals surface area contributed by atoms with Crippen LogP contribution < -0.4 is 5.73 Å². The van der Waals surface area contributed by atoms with E-state index in [9.17, 15) is 5.11 Å². The zero-order valence-corrected chi connectivity index (χ0v) is 11.1. The minimum Gasteiger partial charge on any atom is -0.506 e. The standard InChI is InChI=1S/C10H11BrClNO.ClH/c1-2-3-9(13)7-4-6(11)5-8(12)10(7)14;/h2,4-5,9,14H,1,3,13H2;1H/t9-;/m1./s1. The van der Waals surface area contributed by atoms with Crippen LogP contribution in [0, 0.1) is 0 Å². The van der Waals surface area contributed by atoms with Gasteiger partial charge in [-0.3, -0.25) is 0 Å². The molecule has 0 radical (unpaired) electrons. The topological polar surface area (TPSA) is 46.2 Å². The maximum absolute atomic E-state index is 9.65. The van der Waals surface area contributed by atoms with Crippen molar-refractivity contribution >= 4 is 39.9 Å². The van der Waals surface area contributed by atoms with E-state index in [4.69, 9.17) is 17.3 Å². The second-order valence-electron chi connectivity index (χ2n) is 2.96. The number of hydrogen-bond donors (Lipinski definition) is 2. The van der Waals surface area contributed by atoms with Crippen molar-refractivity contribution in [2.24, 2.45) is 5.73 Å². The highest BCUT2D eigenvalue weighted by molar-refractivity contribution is 9.10. The van der Waals surface area contributed by atoms with Gasteiger partial charge in [0.2, 0.25) is 0 Å². The number of benzene rings is 1. The Bertz CT molecular complexity index is 358. The molecule has 0 aliphatic rings. The van der Waals surface area contributed by atoms with Gasteiger partial charge in [-0.05, 0) is 18.6 Å². The molecule has 0 aromatic heterocycles. The molecule has 0 heterocycles. The predicted molar refractivity (Wildman–Crippen MR) is 69.8 cm³/mol. The van der Waals surface area contributed by atoms with E-state index in [2.05, 4.69) is 22.5 Å². The summed E-state index contributed by atoms with van der Waals surface area (Å²) in [7, 11) is 0. The third kappa shape index (κ3) is 3.68. The number of rotatable bonds is 3. The molecule has 0 fully saturated rings. The van der Waals surface area contributed by atoms with Gasteiger partial charge in [0, 0.05) is 16.1 Å². The summed E-state index contributed by atoms with van der Waals surface area (Å²) in [5, 5.41) is 9.95. The van der Waals surface area contributed by atoms with Crippen molar-refractivity contribution in [3.05, 3.63) is 39.8 Å².